The van der Waals surface area contributed by atoms with Crippen LogP contribution in [0.4, 0.5) is 11.4 Å². The van der Waals surface area contributed by atoms with Crippen molar-refractivity contribution in [2.75, 3.05) is 16.6 Å². The van der Waals surface area contributed by atoms with Crippen LogP contribution in [0.2, 0.25) is 0 Å². The van der Waals surface area contributed by atoms with Gasteiger partial charge in [0.25, 0.3) is 15.9 Å². The number of amides is 1. The summed E-state index contributed by atoms with van der Waals surface area (Å²) in [6.45, 7) is 9.45. The Kier molecular flexibility index (Phi) is 6.89. The summed E-state index contributed by atoms with van der Waals surface area (Å²) < 4.78 is 33.7. The van der Waals surface area contributed by atoms with Crippen molar-refractivity contribution in [2.45, 2.75) is 39.5 Å². The standard InChI is InChI=1S/C25H28N2O4S/c1-16-6-8-21(12-18(16)3)26-25(28)15-31-24-11-10-23(14-20(24)5)32(29,30)27-22-9-7-17(2)19(4)13-22/h6-14,27H,15H2,1-5H3,(H,26,28). The number of hydrogen-bond donors (Lipinski definition) is 2. The monoisotopic (exact) mass is 452 g/mol. The fraction of sp³-hybridized carbons (Fsp3) is 0.240. The molecule has 0 fully saturated rings. The van der Waals surface area contributed by atoms with E-state index in [9.17, 15) is 13.2 Å². The van der Waals surface area contributed by atoms with Crippen molar-refractivity contribution >= 4 is 27.3 Å². The summed E-state index contributed by atoms with van der Waals surface area (Å²) in [5.41, 5.74) is 6.16. The molecule has 3 aromatic rings. The third-order valence-corrected chi connectivity index (χ3v) is 6.74. The second kappa shape index (κ2) is 9.44. The van der Waals surface area contributed by atoms with Crippen LogP contribution in [0.25, 0.3) is 0 Å². The van der Waals surface area contributed by atoms with Crippen molar-refractivity contribution in [3.63, 3.8) is 0 Å². The molecule has 6 nitrogen and oxygen atoms in total. The molecule has 0 heterocycles. The van der Waals surface area contributed by atoms with E-state index in [0.29, 0.717) is 22.7 Å². The highest BCUT2D eigenvalue weighted by Gasteiger charge is 2.16. The van der Waals surface area contributed by atoms with Crippen LogP contribution in [-0.4, -0.2) is 20.9 Å². The number of carbonyl (C=O) groups is 1. The maximum atomic E-state index is 12.8. The average Bonchev–Trinajstić information content (AvgIpc) is 2.72. The van der Waals surface area contributed by atoms with E-state index in [2.05, 4.69) is 10.0 Å². The summed E-state index contributed by atoms with van der Waals surface area (Å²) in [5.74, 6) is 0.158. The first kappa shape index (κ1) is 23.3. The summed E-state index contributed by atoms with van der Waals surface area (Å²) in [6.07, 6.45) is 0. The van der Waals surface area contributed by atoms with Crippen LogP contribution in [0.1, 0.15) is 27.8 Å². The highest BCUT2D eigenvalue weighted by atomic mass is 32.2. The number of ether oxygens (including phenoxy) is 1. The van der Waals surface area contributed by atoms with Crippen LogP contribution in [0.15, 0.2) is 59.5 Å². The van der Waals surface area contributed by atoms with Crippen LogP contribution in [0.5, 0.6) is 5.75 Å². The number of rotatable bonds is 7. The van der Waals surface area contributed by atoms with Crippen molar-refractivity contribution in [3.05, 3.63) is 82.4 Å². The van der Waals surface area contributed by atoms with Gasteiger partial charge in [-0.1, -0.05) is 12.1 Å². The van der Waals surface area contributed by atoms with Gasteiger partial charge in [0.2, 0.25) is 0 Å². The van der Waals surface area contributed by atoms with Gasteiger partial charge in [-0.3, -0.25) is 9.52 Å². The lowest BCUT2D eigenvalue weighted by atomic mass is 10.1. The molecule has 0 saturated carbocycles. The SMILES string of the molecule is Cc1ccc(NC(=O)COc2ccc(S(=O)(=O)Nc3ccc(C)c(C)c3)cc2C)cc1C. The van der Waals surface area contributed by atoms with Crippen molar-refractivity contribution in [1.29, 1.82) is 0 Å². The van der Waals surface area contributed by atoms with Crippen LogP contribution >= 0.6 is 0 Å². The molecule has 0 aliphatic rings. The van der Waals surface area contributed by atoms with E-state index in [1.54, 1.807) is 25.1 Å². The van der Waals surface area contributed by atoms with Gasteiger partial charge in [0.05, 0.1) is 4.90 Å². The zero-order chi connectivity index (χ0) is 23.5. The first-order valence-corrected chi connectivity index (χ1v) is 11.7. The zero-order valence-corrected chi connectivity index (χ0v) is 19.8. The molecule has 0 aromatic heterocycles. The number of nitrogens with one attached hydrogen (secondary N) is 2. The maximum Gasteiger partial charge on any atom is 0.262 e. The zero-order valence-electron chi connectivity index (χ0n) is 18.9. The summed E-state index contributed by atoms with van der Waals surface area (Å²) >= 11 is 0. The molecule has 3 aromatic carbocycles. The number of hydrogen-bond acceptors (Lipinski definition) is 4. The molecule has 7 heteroatoms. The summed E-state index contributed by atoms with van der Waals surface area (Å²) in [6, 6.07) is 15.7. The maximum absolute atomic E-state index is 12.8. The molecule has 2 N–H and O–H groups in total. The Morgan fingerprint density at radius 3 is 1.94 bits per heavy atom. The Morgan fingerprint density at radius 1 is 0.750 bits per heavy atom. The second-order valence-electron chi connectivity index (χ2n) is 7.97. The summed E-state index contributed by atoms with van der Waals surface area (Å²) in [4.78, 5) is 12.4. The largest absolute Gasteiger partial charge is 0.483 e. The lowest BCUT2D eigenvalue weighted by Gasteiger charge is -2.13. The fourth-order valence-corrected chi connectivity index (χ4v) is 4.26. The third kappa shape index (κ3) is 5.68. The first-order valence-electron chi connectivity index (χ1n) is 10.3. The highest BCUT2D eigenvalue weighted by molar-refractivity contribution is 7.92. The van der Waals surface area contributed by atoms with E-state index < -0.39 is 10.0 Å². The van der Waals surface area contributed by atoms with Crippen molar-refractivity contribution in [3.8, 4) is 5.75 Å². The van der Waals surface area contributed by atoms with Crippen LogP contribution in [0.3, 0.4) is 0 Å². The lowest BCUT2D eigenvalue weighted by molar-refractivity contribution is -0.118. The number of aryl methyl sites for hydroxylation is 5. The number of anilines is 2. The normalized spacial score (nSPS) is 11.2. The minimum Gasteiger partial charge on any atom is -0.483 e. The molecule has 0 unspecified atom stereocenters. The van der Waals surface area contributed by atoms with E-state index in [-0.39, 0.29) is 17.4 Å². The number of benzene rings is 3. The summed E-state index contributed by atoms with van der Waals surface area (Å²) in [7, 11) is -3.75. The highest BCUT2D eigenvalue weighted by Crippen LogP contribution is 2.24. The quantitative estimate of drug-likeness (QED) is 0.526. The Bertz CT molecular complexity index is 1270. The van der Waals surface area contributed by atoms with Gasteiger partial charge in [-0.05, 0) is 105 Å². The molecule has 168 valence electrons. The van der Waals surface area contributed by atoms with Gasteiger partial charge in [-0.25, -0.2) is 8.42 Å². The van der Waals surface area contributed by atoms with Gasteiger partial charge < -0.3 is 10.1 Å². The van der Waals surface area contributed by atoms with E-state index in [1.807, 2.05) is 52.0 Å². The smallest absolute Gasteiger partial charge is 0.262 e. The average molecular weight is 453 g/mol. The van der Waals surface area contributed by atoms with Gasteiger partial charge in [-0.2, -0.15) is 0 Å². The number of carbonyl (C=O) groups excluding carboxylic acids is 1. The molecule has 0 aliphatic carbocycles. The van der Waals surface area contributed by atoms with Crippen molar-refractivity contribution < 1.29 is 17.9 Å². The molecule has 0 aliphatic heterocycles. The lowest BCUT2D eigenvalue weighted by Crippen LogP contribution is -2.20. The molecule has 1 amide bonds. The molecule has 3 rings (SSSR count). The number of sulfonamides is 1. The van der Waals surface area contributed by atoms with E-state index >= 15 is 0 Å². The third-order valence-electron chi connectivity index (χ3n) is 5.37. The van der Waals surface area contributed by atoms with Gasteiger partial charge in [0.15, 0.2) is 6.61 Å². The van der Waals surface area contributed by atoms with Crippen LogP contribution < -0.4 is 14.8 Å². The van der Waals surface area contributed by atoms with Crippen LogP contribution in [0, 0.1) is 34.6 Å². The van der Waals surface area contributed by atoms with E-state index in [1.165, 1.54) is 12.1 Å². The Balaban J connectivity index is 1.65. The predicted molar refractivity (Wildman–Crippen MR) is 128 cm³/mol. The minimum absolute atomic E-state index is 0.125. The molecular formula is C25H28N2O4S. The molecular weight excluding hydrogens is 424 g/mol. The predicted octanol–water partition coefficient (Wildman–Crippen LogP) is 5.05. The Morgan fingerprint density at radius 2 is 1.34 bits per heavy atom. The molecule has 0 radical (unpaired) electrons. The van der Waals surface area contributed by atoms with Gasteiger partial charge in [-0.15, -0.1) is 0 Å². The molecule has 0 saturated heterocycles. The van der Waals surface area contributed by atoms with Crippen molar-refractivity contribution in [2.24, 2.45) is 0 Å². The summed E-state index contributed by atoms with van der Waals surface area (Å²) in [5, 5.41) is 2.80. The molecule has 0 spiro atoms. The Hall–Kier alpha value is -3.32. The minimum atomic E-state index is -3.75. The van der Waals surface area contributed by atoms with Crippen molar-refractivity contribution in [1.82, 2.24) is 0 Å². The molecule has 32 heavy (non-hydrogen) atoms. The topological polar surface area (TPSA) is 84.5 Å². The Labute approximate surface area is 189 Å². The van der Waals surface area contributed by atoms with E-state index in [0.717, 1.165) is 22.3 Å². The fourth-order valence-electron chi connectivity index (χ4n) is 3.13. The first-order chi connectivity index (χ1) is 15.0. The van der Waals surface area contributed by atoms with Gasteiger partial charge >= 0.3 is 0 Å². The van der Waals surface area contributed by atoms with E-state index in [4.69, 9.17) is 4.74 Å². The van der Waals surface area contributed by atoms with Gasteiger partial charge in [0.1, 0.15) is 5.75 Å². The second-order valence-corrected chi connectivity index (χ2v) is 9.65. The van der Waals surface area contributed by atoms with Crippen LogP contribution in [-0.2, 0) is 14.8 Å². The molecule has 0 bridgehead atoms. The molecule has 0 atom stereocenters. The van der Waals surface area contributed by atoms with Gasteiger partial charge in [0, 0.05) is 11.4 Å².